The van der Waals surface area contributed by atoms with Gasteiger partial charge in [0.2, 0.25) is 0 Å². The summed E-state index contributed by atoms with van der Waals surface area (Å²) in [6, 6.07) is 0. The largest absolute Gasteiger partial charge is 0.756 e. The number of esters is 1. The maximum absolute atomic E-state index is 12.7. The van der Waals surface area contributed by atoms with Crippen molar-refractivity contribution in [1.82, 2.24) is 0 Å². The van der Waals surface area contributed by atoms with Crippen molar-refractivity contribution in [3.63, 3.8) is 0 Å². The number of phosphoric ester groups is 1. The van der Waals surface area contributed by atoms with Crippen molar-refractivity contribution in [2.45, 2.75) is 174 Å². The van der Waals surface area contributed by atoms with E-state index >= 15 is 0 Å². The lowest BCUT2D eigenvalue weighted by Gasteiger charge is -2.28. The summed E-state index contributed by atoms with van der Waals surface area (Å²) in [6.07, 6.45) is 59.9. The number of unbranched alkanes of at least 4 members (excludes halogenated alkanes) is 13. The molecule has 0 saturated heterocycles. The molecule has 0 saturated carbocycles. The Morgan fingerprint density at radius 2 is 0.902 bits per heavy atom. The molecule has 0 spiro atoms. The van der Waals surface area contributed by atoms with Crippen molar-refractivity contribution < 1.29 is 37.3 Å². The third kappa shape index (κ3) is 48.3. The third-order valence-corrected chi connectivity index (χ3v) is 10.6. The van der Waals surface area contributed by atoms with Crippen molar-refractivity contribution in [2.24, 2.45) is 0 Å². The van der Waals surface area contributed by atoms with Crippen molar-refractivity contribution in [3.8, 4) is 0 Å². The molecule has 0 bridgehead atoms. The van der Waals surface area contributed by atoms with Crippen molar-refractivity contribution in [2.75, 3.05) is 54.1 Å². The first-order valence-electron chi connectivity index (χ1n) is 24.0. The van der Waals surface area contributed by atoms with E-state index in [9.17, 15) is 14.3 Å². The van der Waals surface area contributed by atoms with E-state index in [1.807, 2.05) is 21.1 Å². The molecule has 0 aliphatic rings. The molecule has 61 heavy (non-hydrogen) atoms. The quantitative estimate of drug-likeness (QED) is 0.0198. The minimum atomic E-state index is -4.54. The lowest BCUT2D eigenvalue weighted by Crippen LogP contribution is -2.37. The number of hydrogen-bond donors (Lipinski definition) is 0. The van der Waals surface area contributed by atoms with Crippen LogP contribution >= 0.6 is 7.82 Å². The molecule has 0 rings (SSSR count). The summed E-state index contributed by atoms with van der Waals surface area (Å²) >= 11 is 0. The average molecular weight is 872 g/mol. The van der Waals surface area contributed by atoms with Gasteiger partial charge in [0.25, 0.3) is 7.82 Å². The first-order chi connectivity index (χ1) is 29.6. The van der Waals surface area contributed by atoms with Crippen molar-refractivity contribution >= 4 is 13.8 Å². The molecule has 8 nitrogen and oxygen atoms in total. The smallest absolute Gasteiger partial charge is 0.306 e. The molecule has 0 heterocycles. The SMILES string of the molecule is CC/C=C\C/C=C\C/C=C\C/C=C\CCCCCCCCCCC(=O)OC(COCCCCCCC/C=C\C/C=C\C/C=C\C/C=C\CC)COP(=O)([O-])OCC[N+](C)(C)C. The summed E-state index contributed by atoms with van der Waals surface area (Å²) < 4.78 is 34.7. The number of hydrogen-bond acceptors (Lipinski definition) is 7. The number of quaternary nitrogens is 1. The summed E-state index contributed by atoms with van der Waals surface area (Å²) in [5.74, 6) is -0.354. The molecule has 9 heteroatoms. The molecule has 0 aromatic heterocycles. The van der Waals surface area contributed by atoms with E-state index in [-0.39, 0.29) is 25.8 Å². The van der Waals surface area contributed by atoms with E-state index in [0.717, 1.165) is 103 Å². The van der Waals surface area contributed by atoms with E-state index in [1.54, 1.807) is 0 Å². The molecule has 0 aromatic rings. The van der Waals surface area contributed by atoms with Gasteiger partial charge in [0.15, 0.2) is 0 Å². The van der Waals surface area contributed by atoms with Gasteiger partial charge in [0.1, 0.15) is 19.3 Å². The van der Waals surface area contributed by atoms with Gasteiger partial charge in [0, 0.05) is 13.0 Å². The molecule has 0 fully saturated rings. The zero-order valence-electron chi connectivity index (χ0n) is 39.6. The highest BCUT2D eigenvalue weighted by molar-refractivity contribution is 7.45. The van der Waals surface area contributed by atoms with Crippen molar-refractivity contribution in [1.29, 1.82) is 0 Å². The van der Waals surface area contributed by atoms with E-state index < -0.39 is 13.9 Å². The normalized spacial score (nSPS) is 14.5. The van der Waals surface area contributed by atoms with Gasteiger partial charge in [-0.3, -0.25) is 9.36 Å². The number of carbonyl (C=O) groups is 1. The highest BCUT2D eigenvalue weighted by Crippen LogP contribution is 2.38. The number of nitrogens with zero attached hydrogens (tertiary/aromatic N) is 1. The van der Waals surface area contributed by atoms with Gasteiger partial charge < -0.3 is 27.9 Å². The summed E-state index contributed by atoms with van der Waals surface area (Å²) in [7, 11) is 1.32. The number of ether oxygens (including phenoxy) is 2. The van der Waals surface area contributed by atoms with Crippen LogP contribution in [0.3, 0.4) is 0 Å². The standard InChI is InChI=1S/C52H90NO7P/c1-6-8-10-12-14-16-18-20-22-24-26-27-28-29-31-33-35-37-39-41-43-45-52(54)60-51(50-59-61(55,56)58-48-46-53(3,4)5)49-57-47-44-42-40-38-36-34-32-30-25-23-21-19-17-15-13-11-9-7-2/h8-11,14-17,20-23,26-27,30,32,51H,6-7,12-13,18-19,24-25,28-29,31,33-50H2,1-5H3/b10-8-,11-9-,16-14-,17-15-,22-20-,23-21-,27-26-,32-30-. The van der Waals surface area contributed by atoms with Gasteiger partial charge in [-0.1, -0.05) is 169 Å². The van der Waals surface area contributed by atoms with E-state index in [0.29, 0.717) is 24.1 Å². The molecule has 2 atom stereocenters. The van der Waals surface area contributed by atoms with E-state index in [1.165, 1.54) is 44.9 Å². The fourth-order valence-corrected chi connectivity index (χ4v) is 6.73. The second-order valence-electron chi connectivity index (χ2n) is 16.7. The number of phosphoric acid groups is 1. The van der Waals surface area contributed by atoms with Crippen LogP contribution in [0.1, 0.15) is 168 Å². The fraction of sp³-hybridized carbons (Fsp3) is 0.673. The molecule has 0 radical (unpaired) electrons. The zero-order chi connectivity index (χ0) is 44.8. The average Bonchev–Trinajstić information content (AvgIpc) is 3.22. The Hall–Kier alpha value is -2.58. The van der Waals surface area contributed by atoms with Crippen LogP contribution in [-0.4, -0.2) is 70.7 Å². The lowest BCUT2D eigenvalue weighted by molar-refractivity contribution is -0.870. The van der Waals surface area contributed by atoms with Crippen LogP contribution in [0.2, 0.25) is 0 Å². The van der Waals surface area contributed by atoms with Crippen LogP contribution < -0.4 is 4.89 Å². The Balaban J connectivity index is 4.26. The molecule has 0 N–H and O–H groups in total. The summed E-state index contributed by atoms with van der Waals surface area (Å²) in [5, 5.41) is 0. The predicted octanol–water partition coefficient (Wildman–Crippen LogP) is 14.0. The number of likely N-dealkylation sites (N-methyl/N-ethyl adjacent to an activating group) is 1. The van der Waals surface area contributed by atoms with Crippen LogP contribution in [-0.2, 0) is 27.9 Å². The Morgan fingerprint density at radius 3 is 1.34 bits per heavy atom. The van der Waals surface area contributed by atoms with Crippen LogP contribution in [0.4, 0.5) is 0 Å². The molecule has 0 aliphatic heterocycles. The minimum Gasteiger partial charge on any atom is -0.756 e. The Morgan fingerprint density at radius 1 is 0.508 bits per heavy atom. The number of rotatable bonds is 43. The highest BCUT2D eigenvalue weighted by atomic mass is 31.2. The predicted molar refractivity (Wildman–Crippen MR) is 258 cm³/mol. The first-order valence-corrected chi connectivity index (χ1v) is 25.4. The second kappa shape index (κ2) is 44.0. The van der Waals surface area contributed by atoms with Gasteiger partial charge in [-0.05, 0) is 89.9 Å². The Bertz CT molecular complexity index is 1290. The van der Waals surface area contributed by atoms with Gasteiger partial charge >= 0.3 is 5.97 Å². The molecular formula is C52H90NO7P. The highest BCUT2D eigenvalue weighted by Gasteiger charge is 2.20. The van der Waals surface area contributed by atoms with Gasteiger partial charge in [-0.15, -0.1) is 0 Å². The first kappa shape index (κ1) is 58.4. The minimum absolute atomic E-state index is 0.0146. The van der Waals surface area contributed by atoms with Gasteiger partial charge in [-0.2, -0.15) is 0 Å². The fourth-order valence-electron chi connectivity index (χ4n) is 6.00. The van der Waals surface area contributed by atoms with Gasteiger partial charge in [0.05, 0.1) is 34.4 Å². The monoisotopic (exact) mass is 872 g/mol. The van der Waals surface area contributed by atoms with Crippen LogP contribution in [0, 0.1) is 0 Å². The third-order valence-electron chi connectivity index (χ3n) is 9.63. The topological polar surface area (TPSA) is 94.1 Å². The van der Waals surface area contributed by atoms with Crippen LogP contribution in [0.15, 0.2) is 97.2 Å². The Labute approximate surface area is 375 Å². The van der Waals surface area contributed by atoms with E-state index in [4.69, 9.17) is 18.5 Å². The van der Waals surface area contributed by atoms with Gasteiger partial charge in [-0.25, -0.2) is 0 Å². The Kier molecular flexibility index (Phi) is 42.2. The van der Waals surface area contributed by atoms with Crippen molar-refractivity contribution in [3.05, 3.63) is 97.2 Å². The van der Waals surface area contributed by atoms with E-state index in [2.05, 4.69) is 111 Å². The summed E-state index contributed by atoms with van der Waals surface area (Å²) in [5.41, 5.74) is 0. The summed E-state index contributed by atoms with van der Waals surface area (Å²) in [4.78, 5) is 25.1. The second-order valence-corrected chi connectivity index (χ2v) is 18.1. The molecular weight excluding hydrogens is 782 g/mol. The summed E-state index contributed by atoms with van der Waals surface area (Å²) in [6.45, 7) is 5.11. The van der Waals surface area contributed by atoms with Crippen LogP contribution in [0.5, 0.6) is 0 Å². The zero-order valence-corrected chi connectivity index (χ0v) is 40.5. The maximum atomic E-state index is 12.7. The maximum Gasteiger partial charge on any atom is 0.306 e. The van der Waals surface area contributed by atoms with Crippen LogP contribution in [0.25, 0.3) is 0 Å². The molecule has 0 aromatic carbocycles. The molecule has 2 unspecified atom stereocenters. The molecule has 350 valence electrons. The molecule has 0 aliphatic carbocycles. The lowest BCUT2D eigenvalue weighted by atomic mass is 10.1. The molecule has 0 amide bonds. The number of carbonyl (C=O) groups excluding carboxylic acids is 1. The number of allylic oxidation sites excluding steroid dienone is 16.